The van der Waals surface area contributed by atoms with E-state index in [0.717, 1.165) is 0 Å². The van der Waals surface area contributed by atoms with Gasteiger partial charge in [0.2, 0.25) is 10.0 Å². The van der Waals surface area contributed by atoms with Gasteiger partial charge in [-0.1, -0.05) is 23.2 Å². The van der Waals surface area contributed by atoms with Crippen LogP contribution >= 0.6 is 23.2 Å². The first-order valence-electron chi connectivity index (χ1n) is 8.65. The number of nitro benzene ring substituents is 1. The summed E-state index contributed by atoms with van der Waals surface area (Å²) in [5, 5.41) is 10.7. The van der Waals surface area contributed by atoms with Crippen molar-refractivity contribution < 1.29 is 22.8 Å². The van der Waals surface area contributed by atoms with Crippen LogP contribution in [0.1, 0.15) is 13.8 Å². The molecule has 1 aliphatic rings. The quantitative estimate of drug-likeness (QED) is 0.481. The lowest BCUT2D eigenvalue weighted by Gasteiger charge is -2.34. The second-order valence-corrected chi connectivity index (χ2v) is 9.40. The lowest BCUT2D eigenvalue weighted by molar-refractivity contribution is -0.384. The van der Waals surface area contributed by atoms with Crippen molar-refractivity contribution in [2.45, 2.75) is 31.0 Å². The third-order valence-corrected chi connectivity index (χ3v) is 6.63. The number of sulfonamides is 1. The summed E-state index contributed by atoms with van der Waals surface area (Å²) in [5.74, 6) is 0.329. The average Bonchev–Trinajstić information content (AvgIpc) is 2.64. The topological polar surface area (TPSA) is 99.0 Å². The highest BCUT2D eigenvalue weighted by Crippen LogP contribution is 2.39. The van der Waals surface area contributed by atoms with Crippen LogP contribution in [0.15, 0.2) is 41.3 Å². The van der Waals surface area contributed by atoms with Crippen LogP contribution in [-0.4, -0.2) is 42.9 Å². The van der Waals surface area contributed by atoms with Crippen molar-refractivity contribution in [1.29, 1.82) is 0 Å². The first-order chi connectivity index (χ1) is 13.6. The molecule has 2 atom stereocenters. The lowest BCUT2D eigenvalue weighted by Crippen LogP contribution is -2.48. The maximum atomic E-state index is 13.0. The normalized spacial score (nSPS) is 20.4. The molecule has 0 N–H and O–H groups in total. The summed E-state index contributed by atoms with van der Waals surface area (Å²) in [4.78, 5) is 10.2. The van der Waals surface area contributed by atoms with Crippen molar-refractivity contribution in [3.63, 3.8) is 0 Å². The van der Waals surface area contributed by atoms with Crippen molar-refractivity contribution in [2.75, 3.05) is 13.1 Å². The number of ether oxygens (including phenoxy) is 2. The summed E-state index contributed by atoms with van der Waals surface area (Å²) in [7, 11) is -3.82. The van der Waals surface area contributed by atoms with Gasteiger partial charge in [-0.25, -0.2) is 8.42 Å². The zero-order valence-corrected chi connectivity index (χ0v) is 17.9. The number of non-ortho nitro benzene ring substituents is 1. The molecule has 0 bridgehead atoms. The Bertz CT molecular complexity index is 996. The number of hydrogen-bond acceptors (Lipinski definition) is 6. The number of hydrogen-bond donors (Lipinski definition) is 0. The van der Waals surface area contributed by atoms with Gasteiger partial charge in [-0.2, -0.15) is 4.31 Å². The molecule has 0 saturated carbocycles. The second kappa shape index (κ2) is 8.45. The van der Waals surface area contributed by atoms with Crippen LogP contribution in [0.3, 0.4) is 0 Å². The van der Waals surface area contributed by atoms with E-state index < -0.39 is 14.9 Å². The Morgan fingerprint density at radius 2 is 1.62 bits per heavy atom. The molecule has 0 aromatic heterocycles. The molecule has 0 unspecified atom stereocenters. The highest BCUT2D eigenvalue weighted by atomic mass is 35.5. The minimum absolute atomic E-state index is 0.00350. The summed E-state index contributed by atoms with van der Waals surface area (Å²) in [6.07, 6.45) is -0.464. The summed E-state index contributed by atoms with van der Waals surface area (Å²) >= 11 is 12.5. The Kier molecular flexibility index (Phi) is 6.35. The molecular weight excluding hydrogens is 443 g/mol. The minimum atomic E-state index is -3.82. The maximum absolute atomic E-state index is 13.0. The highest BCUT2D eigenvalue weighted by Gasteiger charge is 2.33. The lowest BCUT2D eigenvalue weighted by atomic mass is 10.3. The van der Waals surface area contributed by atoms with E-state index in [1.165, 1.54) is 40.7 Å². The van der Waals surface area contributed by atoms with Gasteiger partial charge < -0.3 is 9.47 Å². The zero-order valence-electron chi connectivity index (χ0n) is 15.5. The summed E-state index contributed by atoms with van der Waals surface area (Å²) in [6, 6.07) is 7.88. The third kappa shape index (κ3) is 4.81. The van der Waals surface area contributed by atoms with E-state index in [0.29, 0.717) is 0 Å². The van der Waals surface area contributed by atoms with Crippen LogP contribution in [0.25, 0.3) is 0 Å². The van der Waals surface area contributed by atoms with Gasteiger partial charge >= 0.3 is 0 Å². The van der Waals surface area contributed by atoms with E-state index in [1.807, 2.05) is 0 Å². The van der Waals surface area contributed by atoms with Crippen LogP contribution in [-0.2, 0) is 14.8 Å². The van der Waals surface area contributed by atoms with E-state index >= 15 is 0 Å². The number of halogens is 2. The molecule has 0 amide bonds. The monoisotopic (exact) mass is 460 g/mol. The highest BCUT2D eigenvalue weighted by molar-refractivity contribution is 7.89. The van der Waals surface area contributed by atoms with Crippen molar-refractivity contribution in [3.05, 3.63) is 56.6 Å². The molecule has 0 aliphatic carbocycles. The van der Waals surface area contributed by atoms with E-state index in [1.54, 1.807) is 13.8 Å². The molecule has 1 aliphatic heterocycles. The van der Waals surface area contributed by atoms with Crippen molar-refractivity contribution in [3.8, 4) is 11.5 Å². The van der Waals surface area contributed by atoms with Crippen LogP contribution in [0.4, 0.5) is 5.69 Å². The molecule has 1 fully saturated rings. The Morgan fingerprint density at radius 3 is 2.10 bits per heavy atom. The summed E-state index contributed by atoms with van der Waals surface area (Å²) in [5.41, 5.74) is -0.0926. The van der Waals surface area contributed by atoms with E-state index in [-0.39, 0.29) is 57.4 Å². The van der Waals surface area contributed by atoms with E-state index in [9.17, 15) is 18.5 Å². The Morgan fingerprint density at radius 1 is 1.10 bits per heavy atom. The first-order valence-corrected chi connectivity index (χ1v) is 10.8. The molecule has 11 heteroatoms. The first kappa shape index (κ1) is 21.8. The number of morpholine rings is 1. The smallest absolute Gasteiger partial charge is 0.269 e. The summed E-state index contributed by atoms with van der Waals surface area (Å²) < 4.78 is 38.5. The van der Waals surface area contributed by atoms with Gasteiger partial charge in [0, 0.05) is 25.2 Å². The van der Waals surface area contributed by atoms with Gasteiger partial charge in [-0.15, -0.1) is 0 Å². The van der Waals surface area contributed by atoms with E-state index in [2.05, 4.69) is 0 Å². The van der Waals surface area contributed by atoms with Gasteiger partial charge in [-0.05, 0) is 38.1 Å². The minimum Gasteiger partial charge on any atom is -0.454 e. The fourth-order valence-electron chi connectivity index (χ4n) is 3.01. The molecular formula is C18H18Cl2N2O6S. The van der Waals surface area contributed by atoms with Crippen LogP contribution in [0.2, 0.25) is 10.0 Å². The van der Waals surface area contributed by atoms with Crippen molar-refractivity contribution in [1.82, 2.24) is 4.31 Å². The average molecular weight is 461 g/mol. The fourth-order valence-corrected chi connectivity index (χ4v) is 5.35. The molecule has 1 heterocycles. The zero-order chi connectivity index (χ0) is 21.3. The van der Waals surface area contributed by atoms with Gasteiger partial charge in [0.25, 0.3) is 5.69 Å². The number of nitro groups is 1. The van der Waals surface area contributed by atoms with Crippen molar-refractivity contribution >= 4 is 38.9 Å². The SMILES string of the molecule is C[C@@H]1CN(S(=O)(=O)c2cc(Cl)c(Oc3ccc([N+](=O)[O-])cc3)c(Cl)c2)C[C@H](C)O1. The predicted molar refractivity (Wildman–Crippen MR) is 108 cm³/mol. The summed E-state index contributed by atoms with van der Waals surface area (Å²) in [6.45, 7) is 4.06. The molecule has 3 rings (SSSR count). The molecule has 29 heavy (non-hydrogen) atoms. The Labute approximate surface area is 178 Å². The van der Waals surface area contributed by atoms with Gasteiger partial charge in [0.05, 0.1) is 32.1 Å². The second-order valence-electron chi connectivity index (χ2n) is 6.65. The molecule has 2 aromatic rings. The van der Waals surface area contributed by atoms with Gasteiger partial charge in [0.1, 0.15) is 5.75 Å². The Balaban J connectivity index is 1.88. The van der Waals surface area contributed by atoms with E-state index in [4.69, 9.17) is 32.7 Å². The molecule has 0 spiro atoms. The van der Waals surface area contributed by atoms with Gasteiger partial charge in [0.15, 0.2) is 5.75 Å². The Hall–Kier alpha value is -1.91. The molecule has 2 aromatic carbocycles. The van der Waals surface area contributed by atoms with Crippen LogP contribution in [0, 0.1) is 10.1 Å². The number of benzene rings is 2. The standard InChI is InChI=1S/C18H18Cl2N2O6S/c1-11-9-21(10-12(2)27-11)29(25,26)15-7-16(19)18(17(20)8-15)28-14-5-3-13(4-6-14)22(23)24/h3-8,11-12H,9-10H2,1-2H3/t11-,12+. The number of rotatable bonds is 5. The molecule has 156 valence electrons. The predicted octanol–water partition coefficient (Wildman–Crippen LogP) is 4.49. The molecule has 1 saturated heterocycles. The van der Waals surface area contributed by atoms with Gasteiger partial charge in [-0.3, -0.25) is 10.1 Å². The number of nitrogens with zero attached hydrogens (tertiary/aromatic N) is 2. The van der Waals surface area contributed by atoms with Crippen molar-refractivity contribution in [2.24, 2.45) is 0 Å². The fraction of sp³-hybridized carbons (Fsp3) is 0.333. The molecule has 0 radical (unpaired) electrons. The van der Waals surface area contributed by atoms with Crippen LogP contribution < -0.4 is 4.74 Å². The molecule has 8 nitrogen and oxygen atoms in total. The van der Waals surface area contributed by atoms with Crippen LogP contribution in [0.5, 0.6) is 11.5 Å². The third-order valence-electron chi connectivity index (χ3n) is 4.26. The maximum Gasteiger partial charge on any atom is 0.269 e. The largest absolute Gasteiger partial charge is 0.454 e.